The van der Waals surface area contributed by atoms with E-state index in [9.17, 15) is 9.59 Å². The minimum atomic E-state index is -0.253. The molecule has 27 heavy (non-hydrogen) atoms. The molecule has 4 aromatic heterocycles. The molecule has 4 rings (SSSR count). The highest BCUT2D eigenvalue weighted by Crippen LogP contribution is 2.29. The number of nitrogens with zero attached hydrogens (tertiary/aromatic N) is 3. The largest absolute Gasteiger partial charge is 0.469 e. The molecule has 0 saturated heterocycles. The van der Waals surface area contributed by atoms with Gasteiger partial charge in [0.15, 0.2) is 5.78 Å². The number of rotatable bonds is 5. The molecule has 0 atom stereocenters. The summed E-state index contributed by atoms with van der Waals surface area (Å²) in [6, 6.07) is 1.76. The van der Waals surface area contributed by atoms with Gasteiger partial charge >= 0.3 is 0 Å². The van der Waals surface area contributed by atoms with Crippen LogP contribution in [0.2, 0.25) is 0 Å². The third-order valence-electron chi connectivity index (χ3n) is 4.00. The van der Waals surface area contributed by atoms with Crippen LogP contribution in [0.4, 0.5) is 0 Å². The Hall–Kier alpha value is -2.72. The third kappa shape index (κ3) is 3.21. The maximum atomic E-state index is 12.4. The number of ketones is 1. The number of fused-ring (bicyclic) bond motifs is 1. The SMILES string of the molecule is CC(=O)c1sc2nc(CSc3nnc(-c4ccoc4C)o3)[nH]c(=O)c2c1C. The Balaban J connectivity index is 1.58. The van der Waals surface area contributed by atoms with Crippen molar-refractivity contribution >= 4 is 39.1 Å². The summed E-state index contributed by atoms with van der Waals surface area (Å²) in [5.41, 5.74) is 1.16. The molecule has 4 heterocycles. The predicted octanol–water partition coefficient (Wildman–Crippen LogP) is 3.74. The Morgan fingerprint density at radius 3 is 2.85 bits per heavy atom. The second-order valence-corrected chi connectivity index (χ2v) is 7.78. The molecule has 138 valence electrons. The Morgan fingerprint density at radius 1 is 1.33 bits per heavy atom. The fraction of sp³-hybridized carbons (Fsp3) is 0.235. The number of carbonyl (C=O) groups is 1. The zero-order valence-electron chi connectivity index (χ0n) is 14.7. The zero-order valence-corrected chi connectivity index (χ0v) is 16.3. The van der Waals surface area contributed by atoms with Gasteiger partial charge in [-0.1, -0.05) is 11.8 Å². The van der Waals surface area contributed by atoms with E-state index < -0.39 is 0 Å². The first-order valence-electron chi connectivity index (χ1n) is 7.98. The summed E-state index contributed by atoms with van der Waals surface area (Å²) in [5.74, 6) is 1.83. The van der Waals surface area contributed by atoms with E-state index in [4.69, 9.17) is 8.83 Å². The molecule has 0 aliphatic rings. The molecule has 0 radical (unpaired) electrons. The van der Waals surface area contributed by atoms with Crippen LogP contribution in [-0.2, 0) is 5.75 Å². The van der Waals surface area contributed by atoms with Gasteiger partial charge in [0.2, 0.25) is 0 Å². The minimum Gasteiger partial charge on any atom is -0.469 e. The number of hydrogen-bond acceptors (Lipinski definition) is 9. The van der Waals surface area contributed by atoms with Crippen molar-refractivity contribution in [3.63, 3.8) is 0 Å². The van der Waals surface area contributed by atoms with Crippen molar-refractivity contribution in [3.8, 4) is 11.5 Å². The van der Waals surface area contributed by atoms with Gasteiger partial charge in [-0.3, -0.25) is 9.59 Å². The maximum absolute atomic E-state index is 12.4. The van der Waals surface area contributed by atoms with Gasteiger partial charge in [0.05, 0.1) is 27.8 Å². The maximum Gasteiger partial charge on any atom is 0.277 e. The van der Waals surface area contributed by atoms with E-state index in [1.54, 1.807) is 19.3 Å². The predicted molar refractivity (Wildman–Crippen MR) is 101 cm³/mol. The van der Waals surface area contributed by atoms with Crippen molar-refractivity contribution in [2.24, 2.45) is 0 Å². The zero-order chi connectivity index (χ0) is 19.1. The monoisotopic (exact) mass is 402 g/mol. The van der Waals surface area contributed by atoms with E-state index in [0.29, 0.717) is 49.1 Å². The van der Waals surface area contributed by atoms with Crippen molar-refractivity contribution in [2.75, 3.05) is 0 Å². The number of H-pyrrole nitrogens is 1. The van der Waals surface area contributed by atoms with Gasteiger partial charge in [0.25, 0.3) is 16.7 Å². The second kappa shape index (κ2) is 6.78. The average molecular weight is 402 g/mol. The molecule has 0 amide bonds. The molecule has 0 aromatic carbocycles. The Labute approximate surface area is 161 Å². The summed E-state index contributed by atoms with van der Waals surface area (Å²) in [7, 11) is 0. The first-order valence-corrected chi connectivity index (χ1v) is 9.78. The standard InChI is InChI=1S/C17H14N4O4S2/c1-7-12-14(23)18-11(19-16(12)27-13(7)8(2)22)6-26-17-21-20-15(25-17)10-4-5-24-9(10)3/h4-5H,6H2,1-3H3,(H,18,19,23). The quantitative estimate of drug-likeness (QED) is 0.396. The molecule has 8 nitrogen and oxygen atoms in total. The summed E-state index contributed by atoms with van der Waals surface area (Å²) in [5, 5.41) is 8.83. The van der Waals surface area contributed by atoms with Crippen LogP contribution in [0.15, 0.2) is 31.2 Å². The first kappa shape index (κ1) is 17.7. The summed E-state index contributed by atoms with van der Waals surface area (Å²) < 4.78 is 10.9. The lowest BCUT2D eigenvalue weighted by Crippen LogP contribution is -2.11. The number of aromatic amines is 1. The molecule has 10 heteroatoms. The molecule has 0 bridgehead atoms. The van der Waals surface area contributed by atoms with Gasteiger partial charge in [-0.2, -0.15) is 0 Å². The van der Waals surface area contributed by atoms with E-state index in [-0.39, 0.29) is 11.3 Å². The Bertz CT molecular complexity index is 1220. The van der Waals surface area contributed by atoms with E-state index in [2.05, 4.69) is 20.2 Å². The highest BCUT2D eigenvalue weighted by molar-refractivity contribution is 7.98. The smallest absolute Gasteiger partial charge is 0.277 e. The van der Waals surface area contributed by atoms with E-state index in [1.165, 1.54) is 30.0 Å². The second-order valence-electron chi connectivity index (χ2n) is 5.86. The van der Waals surface area contributed by atoms with Gasteiger partial charge in [0, 0.05) is 0 Å². The van der Waals surface area contributed by atoms with Crippen LogP contribution < -0.4 is 5.56 Å². The Kier molecular flexibility index (Phi) is 4.44. The molecule has 0 saturated carbocycles. The molecule has 1 N–H and O–H groups in total. The number of nitrogens with one attached hydrogen (secondary N) is 1. The summed E-state index contributed by atoms with van der Waals surface area (Å²) >= 11 is 2.50. The summed E-state index contributed by atoms with van der Waals surface area (Å²) in [6.07, 6.45) is 1.56. The highest BCUT2D eigenvalue weighted by atomic mass is 32.2. The van der Waals surface area contributed by atoms with Crippen LogP contribution >= 0.6 is 23.1 Å². The number of thiophene rings is 1. The number of thioether (sulfide) groups is 1. The van der Waals surface area contributed by atoms with Crippen molar-refractivity contribution < 1.29 is 13.6 Å². The van der Waals surface area contributed by atoms with Crippen LogP contribution in [0.25, 0.3) is 21.7 Å². The molecular formula is C17H14N4O4S2. The van der Waals surface area contributed by atoms with Crippen molar-refractivity contribution in [3.05, 3.63) is 44.7 Å². The normalized spacial score (nSPS) is 11.4. The van der Waals surface area contributed by atoms with Crippen molar-refractivity contribution in [2.45, 2.75) is 31.7 Å². The van der Waals surface area contributed by atoms with E-state index >= 15 is 0 Å². The first-order chi connectivity index (χ1) is 12.9. The van der Waals surface area contributed by atoms with Crippen LogP contribution in [0.5, 0.6) is 0 Å². The summed E-state index contributed by atoms with van der Waals surface area (Å²) in [4.78, 5) is 32.4. The molecule has 4 aromatic rings. The lowest BCUT2D eigenvalue weighted by molar-refractivity contribution is 0.102. The molecule has 0 fully saturated rings. The van der Waals surface area contributed by atoms with Crippen LogP contribution in [0.3, 0.4) is 0 Å². The van der Waals surface area contributed by atoms with Crippen molar-refractivity contribution in [1.29, 1.82) is 0 Å². The minimum absolute atomic E-state index is 0.0706. The number of carbonyl (C=O) groups excluding carboxylic acids is 1. The van der Waals surface area contributed by atoms with Crippen LogP contribution in [0, 0.1) is 13.8 Å². The highest BCUT2D eigenvalue weighted by Gasteiger charge is 2.18. The van der Waals surface area contributed by atoms with Gasteiger partial charge in [-0.15, -0.1) is 21.5 Å². The van der Waals surface area contributed by atoms with Gasteiger partial charge in [-0.05, 0) is 32.4 Å². The molecular weight excluding hydrogens is 388 g/mol. The molecule has 0 unspecified atom stereocenters. The third-order valence-corrected chi connectivity index (χ3v) is 6.11. The summed E-state index contributed by atoms with van der Waals surface area (Å²) in [6.45, 7) is 5.06. The van der Waals surface area contributed by atoms with Crippen molar-refractivity contribution in [1.82, 2.24) is 20.2 Å². The number of Topliss-reactive ketones (excluding diaryl/α,β-unsaturated/α-hetero) is 1. The number of aromatic nitrogens is 4. The number of furan rings is 1. The molecule has 0 aliphatic carbocycles. The lowest BCUT2D eigenvalue weighted by atomic mass is 10.2. The van der Waals surface area contributed by atoms with Crippen LogP contribution in [0.1, 0.15) is 33.7 Å². The lowest BCUT2D eigenvalue weighted by Gasteiger charge is -1.98. The van der Waals surface area contributed by atoms with Gasteiger partial charge < -0.3 is 13.8 Å². The fourth-order valence-electron chi connectivity index (χ4n) is 2.71. The van der Waals surface area contributed by atoms with E-state index in [1.807, 2.05) is 6.92 Å². The fourth-order valence-corrected chi connectivity index (χ4v) is 4.44. The van der Waals surface area contributed by atoms with Gasteiger partial charge in [0.1, 0.15) is 16.4 Å². The molecule has 0 spiro atoms. The number of hydrogen-bond donors (Lipinski definition) is 1. The van der Waals surface area contributed by atoms with Gasteiger partial charge in [-0.25, -0.2) is 4.98 Å². The Morgan fingerprint density at radius 2 is 2.15 bits per heavy atom. The van der Waals surface area contributed by atoms with Crippen LogP contribution in [-0.4, -0.2) is 25.9 Å². The number of aryl methyl sites for hydroxylation is 2. The molecule has 0 aliphatic heterocycles. The average Bonchev–Trinajstić information content (AvgIpc) is 3.32. The van der Waals surface area contributed by atoms with E-state index in [0.717, 1.165) is 5.56 Å². The topological polar surface area (TPSA) is 115 Å².